The van der Waals surface area contributed by atoms with Crippen LogP contribution >= 0.6 is 0 Å². The highest BCUT2D eigenvalue weighted by Crippen LogP contribution is 2.38. The number of hydrogen-bond acceptors (Lipinski definition) is 5. The minimum atomic E-state index is -0.589. The lowest BCUT2D eigenvalue weighted by Crippen LogP contribution is -2.23. The van der Waals surface area contributed by atoms with E-state index in [0.717, 1.165) is 0 Å². The Bertz CT molecular complexity index is 918. The van der Waals surface area contributed by atoms with Crippen LogP contribution in [0.2, 0.25) is 0 Å². The molecule has 24 heavy (non-hydrogen) atoms. The largest absolute Gasteiger partial charge is 0.480 e. The van der Waals surface area contributed by atoms with Crippen molar-refractivity contribution in [2.75, 3.05) is 6.61 Å². The number of terminal acetylenes is 1. The molecule has 0 fully saturated rings. The molecule has 0 radical (unpaired) electrons. The zero-order chi connectivity index (χ0) is 17.3. The fourth-order valence-electron chi connectivity index (χ4n) is 2.64. The summed E-state index contributed by atoms with van der Waals surface area (Å²) in [4.78, 5) is 37.0. The van der Waals surface area contributed by atoms with E-state index in [-0.39, 0.29) is 46.1 Å². The first-order chi connectivity index (χ1) is 11.5. The van der Waals surface area contributed by atoms with E-state index in [2.05, 4.69) is 5.92 Å². The fourth-order valence-corrected chi connectivity index (χ4v) is 2.64. The van der Waals surface area contributed by atoms with Crippen LogP contribution in [-0.2, 0) is 4.79 Å². The highest BCUT2D eigenvalue weighted by Gasteiger charge is 2.35. The molecule has 3 rings (SSSR count). The van der Waals surface area contributed by atoms with E-state index in [1.807, 2.05) is 0 Å². The van der Waals surface area contributed by atoms with Crippen molar-refractivity contribution < 1.29 is 23.9 Å². The molecule has 118 valence electrons. The van der Waals surface area contributed by atoms with Crippen molar-refractivity contribution in [1.82, 2.24) is 0 Å². The van der Waals surface area contributed by atoms with Gasteiger partial charge < -0.3 is 9.47 Å². The van der Waals surface area contributed by atoms with Crippen molar-refractivity contribution in [2.24, 2.45) is 0 Å². The van der Waals surface area contributed by atoms with Crippen LogP contribution in [0.15, 0.2) is 36.4 Å². The average Bonchev–Trinajstić information content (AvgIpc) is 2.57. The van der Waals surface area contributed by atoms with Gasteiger partial charge in [-0.3, -0.25) is 14.4 Å². The zero-order valence-electron chi connectivity index (χ0n) is 12.8. The predicted octanol–water partition coefficient (Wildman–Crippen LogP) is 2.40. The van der Waals surface area contributed by atoms with Gasteiger partial charge in [0.05, 0.1) is 11.1 Å². The smallest absolute Gasteiger partial charge is 0.308 e. The monoisotopic (exact) mass is 320 g/mol. The Morgan fingerprint density at radius 1 is 1.00 bits per heavy atom. The zero-order valence-corrected chi connectivity index (χ0v) is 12.8. The van der Waals surface area contributed by atoms with Crippen LogP contribution in [-0.4, -0.2) is 24.1 Å². The highest BCUT2D eigenvalue weighted by atomic mass is 16.5. The van der Waals surface area contributed by atoms with Gasteiger partial charge in [-0.2, -0.15) is 0 Å². The quantitative estimate of drug-likeness (QED) is 0.421. The SMILES string of the molecule is C#CCOc1ccc(OC(C)=O)c2c1C(=O)c1ccccc1C2=O. The number of hydrogen-bond donors (Lipinski definition) is 0. The summed E-state index contributed by atoms with van der Waals surface area (Å²) in [6, 6.07) is 9.36. The molecule has 1 aliphatic rings. The van der Waals surface area contributed by atoms with E-state index in [1.165, 1.54) is 19.1 Å². The first-order valence-electron chi connectivity index (χ1n) is 7.14. The number of ketones is 2. The van der Waals surface area contributed by atoms with E-state index in [0.29, 0.717) is 0 Å². The van der Waals surface area contributed by atoms with Crippen LogP contribution in [0.3, 0.4) is 0 Å². The summed E-state index contributed by atoms with van der Waals surface area (Å²) in [5, 5.41) is 0. The number of carbonyl (C=O) groups excluding carboxylic acids is 3. The van der Waals surface area contributed by atoms with Gasteiger partial charge in [0, 0.05) is 18.1 Å². The van der Waals surface area contributed by atoms with Gasteiger partial charge in [-0.1, -0.05) is 30.2 Å². The van der Waals surface area contributed by atoms with Crippen LogP contribution in [0.5, 0.6) is 11.5 Å². The molecule has 0 saturated carbocycles. The maximum absolute atomic E-state index is 12.9. The van der Waals surface area contributed by atoms with Crippen molar-refractivity contribution in [3.8, 4) is 23.8 Å². The highest BCUT2D eigenvalue weighted by molar-refractivity contribution is 6.30. The second kappa shape index (κ2) is 6.01. The molecule has 0 heterocycles. The van der Waals surface area contributed by atoms with Crippen LogP contribution in [0, 0.1) is 12.3 Å². The van der Waals surface area contributed by atoms with E-state index in [9.17, 15) is 14.4 Å². The van der Waals surface area contributed by atoms with Gasteiger partial charge in [-0.25, -0.2) is 0 Å². The standard InChI is InChI=1S/C19H12O5/c1-3-10-23-14-8-9-15(24-11(2)20)17-16(14)18(21)12-6-4-5-7-13(12)19(17)22/h1,4-9H,10H2,2H3. The molecule has 2 aromatic rings. The topological polar surface area (TPSA) is 69.7 Å². The summed E-state index contributed by atoms with van der Waals surface area (Å²) in [5.74, 6) is 1.16. The molecule has 0 unspecified atom stereocenters. The first kappa shape index (κ1) is 15.5. The maximum Gasteiger partial charge on any atom is 0.308 e. The third-order valence-electron chi connectivity index (χ3n) is 3.56. The summed E-state index contributed by atoms with van der Waals surface area (Å²) in [5.41, 5.74) is 0.620. The number of fused-ring (bicyclic) bond motifs is 2. The lowest BCUT2D eigenvalue weighted by atomic mass is 9.83. The number of esters is 1. The van der Waals surface area contributed by atoms with Crippen molar-refractivity contribution in [3.63, 3.8) is 0 Å². The maximum atomic E-state index is 12.9. The second-order valence-electron chi connectivity index (χ2n) is 5.10. The Hall–Kier alpha value is -3.39. The van der Waals surface area contributed by atoms with Gasteiger partial charge in [-0.05, 0) is 12.1 Å². The van der Waals surface area contributed by atoms with E-state index < -0.39 is 11.8 Å². The Morgan fingerprint density at radius 2 is 1.54 bits per heavy atom. The fraction of sp³-hybridized carbons (Fsp3) is 0.105. The molecule has 0 aliphatic heterocycles. The molecular formula is C19H12O5. The molecule has 5 nitrogen and oxygen atoms in total. The lowest BCUT2D eigenvalue weighted by molar-refractivity contribution is -0.131. The third kappa shape index (κ3) is 2.44. The number of rotatable bonds is 3. The second-order valence-corrected chi connectivity index (χ2v) is 5.10. The average molecular weight is 320 g/mol. The lowest BCUT2D eigenvalue weighted by Gasteiger charge is -2.21. The number of carbonyl (C=O) groups is 3. The van der Waals surface area contributed by atoms with Crippen LogP contribution in [0.1, 0.15) is 38.8 Å². The Morgan fingerprint density at radius 3 is 2.08 bits per heavy atom. The van der Waals surface area contributed by atoms with Crippen molar-refractivity contribution in [3.05, 3.63) is 58.7 Å². The summed E-state index contributed by atoms with van der Waals surface area (Å²) < 4.78 is 10.5. The van der Waals surface area contributed by atoms with E-state index in [4.69, 9.17) is 15.9 Å². The minimum Gasteiger partial charge on any atom is -0.480 e. The van der Waals surface area contributed by atoms with Gasteiger partial charge >= 0.3 is 5.97 Å². The molecule has 1 aliphatic carbocycles. The predicted molar refractivity (Wildman–Crippen MR) is 85.4 cm³/mol. The molecule has 0 spiro atoms. The molecule has 0 bridgehead atoms. The van der Waals surface area contributed by atoms with Crippen LogP contribution < -0.4 is 9.47 Å². The first-order valence-corrected chi connectivity index (χ1v) is 7.14. The summed E-state index contributed by atoms with van der Waals surface area (Å²) in [6.45, 7) is 1.17. The van der Waals surface area contributed by atoms with Crippen molar-refractivity contribution in [2.45, 2.75) is 6.92 Å². The number of ether oxygens (including phenoxy) is 2. The Balaban J connectivity index is 2.26. The summed E-state index contributed by atoms with van der Waals surface area (Å²) in [7, 11) is 0. The van der Waals surface area contributed by atoms with Gasteiger partial charge in [0.1, 0.15) is 18.1 Å². The molecule has 0 aromatic heterocycles. The minimum absolute atomic E-state index is 0.0171. The molecule has 0 N–H and O–H groups in total. The van der Waals surface area contributed by atoms with Crippen LogP contribution in [0.4, 0.5) is 0 Å². The molecular weight excluding hydrogens is 308 g/mol. The normalized spacial score (nSPS) is 12.0. The van der Waals surface area contributed by atoms with Gasteiger partial charge in [0.25, 0.3) is 0 Å². The molecule has 0 saturated heterocycles. The van der Waals surface area contributed by atoms with Gasteiger partial charge in [-0.15, -0.1) is 6.42 Å². The molecule has 0 atom stereocenters. The Kier molecular flexibility index (Phi) is 3.88. The van der Waals surface area contributed by atoms with Crippen molar-refractivity contribution in [1.29, 1.82) is 0 Å². The third-order valence-corrected chi connectivity index (χ3v) is 3.56. The summed E-state index contributed by atoms with van der Waals surface area (Å²) >= 11 is 0. The Labute approximate surface area is 138 Å². The van der Waals surface area contributed by atoms with Crippen molar-refractivity contribution >= 4 is 17.5 Å². The van der Waals surface area contributed by atoms with E-state index in [1.54, 1.807) is 24.3 Å². The summed E-state index contributed by atoms with van der Waals surface area (Å²) in [6.07, 6.45) is 5.19. The van der Waals surface area contributed by atoms with Gasteiger partial charge in [0.15, 0.2) is 11.6 Å². The molecule has 2 aromatic carbocycles. The number of benzene rings is 2. The van der Waals surface area contributed by atoms with Gasteiger partial charge in [0.2, 0.25) is 0 Å². The van der Waals surface area contributed by atoms with Crippen LogP contribution in [0.25, 0.3) is 0 Å². The molecule has 0 amide bonds. The van der Waals surface area contributed by atoms with E-state index >= 15 is 0 Å². The molecule has 5 heteroatoms.